The minimum Gasteiger partial charge on any atom is -0.508 e. The van der Waals surface area contributed by atoms with Gasteiger partial charge in [0.2, 0.25) is 11.6 Å². The number of phenols is 1. The van der Waals surface area contributed by atoms with Crippen molar-refractivity contribution in [3.8, 4) is 5.75 Å². The van der Waals surface area contributed by atoms with Gasteiger partial charge >= 0.3 is 0 Å². The second kappa shape index (κ2) is 6.64. The second-order valence-corrected chi connectivity index (χ2v) is 9.11. The van der Waals surface area contributed by atoms with Gasteiger partial charge in [-0.2, -0.15) is 0 Å². The number of hydrogen-bond donors (Lipinski definition) is 7. The maximum atomic E-state index is 13.7. The van der Waals surface area contributed by atoms with E-state index in [1.165, 1.54) is 25.1 Å². The summed E-state index contributed by atoms with van der Waals surface area (Å²) in [6.45, 7) is 1.41. The minimum absolute atomic E-state index is 0.167. The average Bonchev–Trinajstić information content (AvgIpc) is 2.68. The predicted molar refractivity (Wildman–Crippen MR) is 109 cm³/mol. The lowest BCUT2D eigenvalue weighted by Gasteiger charge is -2.51. The Kier molecular flexibility index (Phi) is 4.57. The maximum Gasteiger partial charge on any atom is 0.256 e. The van der Waals surface area contributed by atoms with Crippen LogP contribution in [0.4, 0.5) is 0 Å². The smallest absolute Gasteiger partial charge is 0.256 e. The van der Waals surface area contributed by atoms with Gasteiger partial charge in [0.25, 0.3) is 5.91 Å². The molecular weight excluding hydrogens is 420 g/mol. The number of aliphatic hydroxyl groups excluding tert-OH is 2. The number of primary amides is 1. The molecule has 5 atom stereocenters. The summed E-state index contributed by atoms with van der Waals surface area (Å²) in [5.41, 5.74) is -0.466. The van der Waals surface area contributed by atoms with E-state index in [9.17, 15) is 39.9 Å². The highest BCUT2D eigenvalue weighted by Gasteiger charge is 2.67. The molecule has 4 rings (SSSR count). The summed E-state index contributed by atoms with van der Waals surface area (Å²) >= 11 is 0. The molecule has 0 spiro atoms. The van der Waals surface area contributed by atoms with Crippen LogP contribution >= 0.6 is 0 Å². The first kappa shape index (κ1) is 22.0. The molecule has 32 heavy (non-hydrogen) atoms. The van der Waals surface area contributed by atoms with E-state index in [1.54, 1.807) is 14.1 Å². The van der Waals surface area contributed by atoms with Gasteiger partial charge in [-0.05, 0) is 25.0 Å². The molecule has 0 aromatic heterocycles. The summed E-state index contributed by atoms with van der Waals surface area (Å²) in [7, 11) is 3.17. The number of rotatable bonds is 2. The highest BCUT2D eigenvalue weighted by Crippen LogP contribution is 2.56. The van der Waals surface area contributed by atoms with Crippen molar-refractivity contribution in [2.24, 2.45) is 17.6 Å². The number of carbonyl (C=O) groups is 3. The minimum atomic E-state index is -2.72. The third-order valence-corrected chi connectivity index (χ3v) is 7.12. The standard InChI is InChI=1S/C22H24N2O8/c1-21(31)8-5-4-6-11(25)12(8)16(26)13-9(21)7-10-15(24(2)3)17(27)14(20(23)30)19(29)22(10,32)18(13)28/h4-6,9-10,15,25-26,29,31-32H,7H2,1-3H3,(H2,23,30)/p+1/t9-,10-,15-,21+,22+/m0/s1. The monoisotopic (exact) mass is 445 g/mol. The fourth-order valence-electron chi connectivity index (χ4n) is 5.60. The van der Waals surface area contributed by atoms with Crippen LogP contribution < -0.4 is 10.6 Å². The van der Waals surface area contributed by atoms with E-state index in [0.717, 1.165) is 0 Å². The lowest BCUT2D eigenvalue weighted by molar-refractivity contribution is -0.880. The third kappa shape index (κ3) is 2.48. The molecule has 0 aliphatic heterocycles. The van der Waals surface area contributed by atoms with Crippen LogP contribution in [0.15, 0.2) is 35.1 Å². The quantitative estimate of drug-likeness (QED) is 0.260. The Hall–Kier alpha value is -3.21. The van der Waals surface area contributed by atoms with Crippen molar-refractivity contribution in [3.63, 3.8) is 0 Å². The molecule has 0 unspecified atom stereocenters. The Morgan fingerprint density at radius 3 is 2.34 bits per heavy atom. The van der Waals surface area contributed by atoms with Crippen molar-refractivity contribution in [2.45, 2.75) is 30.6 Å². The zero-order chi connectivity index (χ0) is 23.9. The van der Waals surface area contributed by atoms with Crippen LogP contribution in [0.25, 0.3) is 5.76 Å². The Balaban J connectivity index is 2.05. The number of phenolic OH excluding ortho intramolecular Hbond substituents is 1. The Labute approximate surface area is 182 Å². The first-order valence-corrected chi connectivity index (χ1v) is 10.1. The zero-order valence-corrected chi connectivity index (χ0v) is 17.7. The molecule has 1 aromatic carbocycles. The summed E-state index contributed by atoms with van der Waals surface area (Å²) in [5.74, 6) is -7.76. The Morgan fingerprint density at radius 1 is 1.16 bits per heavy atom. The van der Waals surface area contributed by atoms with E-state index < -0.39 is 69.2 Å². The van der Waals surface area contributed by atoms with Crippen LogP contribution in [0.1, 0.15) is 24.5 Å². The van der Waals surface area contributed by atoms with Crippen LogP contribution in [-0.4, -0.2) is 68.7 Å². The number of hydrogen-bond acceptors (Lipinski definition) is 8. The summed E-state index contributed by atoms with van der Waals surface area (Å²) in [6, 6.07) is 3.11. The molecule has 1 aromatic rings. The third-order valence-electron chi connectivity index (χ3n) is 7.12. The van der Waals surface area contributed by atoms with E-state index in [-0.39, 0.29) is 23.3 Å². The highest BCUT2D eigenvalue weighted by atomic mass is 16.3. The number of aromatic hydroxyl groups is 1. The lowest BCUT2D eigenvalue weighted by atomic mass is 9.54. The van der Waals surface area contributed by atoms with Gasteiger partial charge in [0, 0.05) is 11.5 Å². The molecule has 0 heterocycles. The number of fused-ring (bicyclic) bond motifs is 3. The molecule has 10 heteroatoms. The predicted octanol–water partition coefficient (Wildman–Crippen LogP) is -1.79. The number of amides is 1. The number of benzene rings is 1. The second-order valence-electron chi connectivity index (χ2n) is 9.11. The van der Waals surface area contributed by atoms with E-state index in [1.807, 2.05) is 0 Å². The molecule has 8 N–H and O–H groups in total. The summed E-state index contributed by atoms with van der Waals surface area (Å²) < 4.78 is 0. The van der Waals surface area contributed by atoms with Gasteiger partial charge in [-0.1, -0.05) is 12.1 Å². The topological polar surface area (TPSA) is 183 Å². The summed E-state index contributed by atoms with van der Waals surface area (Å²) in [6.07, 6.45) is -0.179. The normalized spacial score (nSPS) is 34.4. The van der Waals surface area contributed by atoms with Crippen LogP contribution in [-0.2, 0) is 20.0 Å². The largest absolute Gasteiger partial charge is 0.508 e. The summed E-state index contributed by atoms with van der Waals surface area (Å²) in [5, 5.41) is 54.9. The van der Waals surface area contributed by atoms with E-state index in [0.29, 0.717) is 4.90 Å². The fourth-order valence-corrected chi connectivity index (χ4v) is 5.60. The zero-order valence-electron chi connectivity index (χ0n) is 17.7. The van der Waals surface area contributed by atoms with Crippen molar-refractivity contribution in [2.75, 3.05) is 14.1 Å². The van der Waals surface area contributed by atoms with Crippen molar-refractivity contribution in [1.82, 2.24) is 0 Å². The van der Waals surface area contributed by atoms with Gasteiger partial charge in [-0.3, -0.25) is 14.4 Å². The molecule has 1 saturated carbocycles. The van der Waals surface area contributed by atoms with E-state index in [4.69, 9.17) is 5.73 Å². The van der Waals surface area contributed by atoms with Gasteiger partial charge in [-0.25, -0.2) is 0 Å². The van der Waals surface area contributed by atoms with Crippen LogP contribution in [0.5, 0.6) is 5.75 Å². The maximum absolute atomic E-state index is 13.7. The molecule has 1 fully saturated rings. The fraction of sp³-hybridized carbons (Fsp3) is 0.409. The van der Waals surface area contributed by atoms with Crippen LogP contribution in [0, 0.1) is 11.8 Å². The molecule has 3 aliphatic rings. The van der Waals surface area contributed by atoms with Crippen LogP contribution in [0.3, 0.4) is 0 Å². The molecule has 3 aliphatic carbocycles. The Morgan fingerprint density at radius 2 is 1.78 bits per heavy atom. The first-order valence-electron chi connectivity index (χ1n) is 10.1. The van der Waals surface area contributed by atoms with Gasteiger partial charge in [0.1, 0.15) is 22.8 Å². The molecule has 0 saturated heterocycles. The number of quaternary nitrogens is 1. The summed E-state index contributed by atoms with van der Waals surface area (Å²) in [4.78, 5) is 39.1. The molecule has 10 nitrogen and oxygen atoms in total. The Bertz CT molecular complexity index is 1150. The molecule has 1 amide bonds. The SMILES string of the molecule is C[NH+](C)[C@@H]1C(=O)C(C(N)=O)=C(O)[C@]2(O)C(=O)C3=C(O)c4c(O)cccc4[C@@](C)(O)[C@H]3C[C@@H]12. The van der Waals surface area contributed by atoms with Gasteiger partial charge in [0.05, 0.1) is 31.2 Å². The number of carbonyl (C=O) groups excluding carboxylic acids is 3. The average molecular weight is 445 g/mol. The molecular formula is C22H25N2O8+. The number of Topliss-reactive ketones (excluding diaryl/α,β-unsaturated/α-hetero) is 2. The molecule has 170 valence electrons. The lowest BCUT2D eigenvalue weighted by Crippen LogP contribution is -3.13. The van der Waals surface area contributed by atoms with Crippen molar-refractivity contribution < 1.29 is 44.8 Å². The van der Waals surface area contributed by atoms with Gasteiger partial charge in [0.15, 0.2) is 11.6 Å². The highest BCUT2D eigenvalue weighted by molar-refractivity contribution is 6.24. The number of nitrogens with two attached hydrogens (primary N) is 1. The number of nitrogens with one attached hydrogen (secondary N) is 1. The molecule has 0 bridgehead atoms. The van der Waals surface area contributed by atoms with Crippen molar-refractivity contribution >= 4 is 23.2 Å². The van der Waals surface area contributed by atoms with Gasteiger partial charge in [-0.15, -0.1) is 0 Å². The first-order chi connectivity index (χ1) is 14.8. The number of likely N-dealkylation sites (N-methyl/N-ethyl adjacent to an activating group) is 1. The molecule has 0 radical (unpaired) electrons. The van der Waals surface area contributed by atoms with E-state index >= 15 is 0 Å². The number of ketones is 2. The number of aliphatic hydroxyl groups is 4. The van der Waals surface area contributed by atoms with Crippen LogP contribution in [0.2, 0.25) is 0 Å². The van der Waals surface area contributed by atoms with Crippen molar-refractivity contribution in [1.29, 1.82) is 0 Å². The van der Waals surface area contributed by atoms with Crippen molar-refractivity contribution in [3.05, 3.63) is 46.2 Å². The van der Waals surface area contributed by atoms with Gasteiger partial charge < -0.3 is 36.2 Å². The van der Waals surface area contributed by atoms with E-state index in [2.05, 4.69) is 0 Å².